The van der Waals surface area contributed by atoms with Gasteiger partial charge in [-0.15, -0.1) is 0 Å². The molecule has 0 aliphatic carbocycles. The third kappa shape index (κ3) is 17.2. The first-order chi connectivity index (χ1) is 6.36. The Labute approximate surface area is 137 Å². The molecule has 0 heterocycles. The van der Waals surface area contributed by atoms with Crippen molar-refractivity contribution in [3.05, 3.63) is 0 Å². The van der Waals surface area contributed by atoms with E-state index in [4.69, 9.17) is 21.7 Å². The normalized spacial score (nSPS) is 11.8. The number of aliphatic carboxylic acids is 2. The SMILES string of the molecule is N[C@@H](CO)C(=O)[O-].N[C@@H](CO)C(=O)[O-].[Na+].[Na+]. The molecule has 0 aliphatic rings. The molecule has 0 amide bonds. The van der Waals surface area contributed by atoms with Gasteiger partial charge in [-0.05, 0) is 0 Å². The molecule has 0 aromatic carbocycles. The number of aliphatic hydroxyl groups excluding tert-OH is 2. The zero-order valence-corrected chi connectivity index (χ0v) is 13.3. The van der Waals surface area contributed by atoms with Crippen LogP contribution in [0.3, 0.4) is 0 Å². The van der Waals surface area contributed by atoms with Crippen molar-refractivity contribution in [1.82, 2.24) is 0 Å². The molecule has 0 aromatic rings. The van der Waals surface area contributed by atoms with Crippen LogP contribution in [0.1, 0.15) is 0 Å². The first-order valence-corrected chi connectivity index (χ1v) is 3.51. The van der Waals surface area contributed by atoms with E-state index in [2.05, 4.69) is 0 Å². The molecule has 0 unspecified atom stereocenters. The molecule has 0 fully saturated rings. The van der Waals surface area contributed by atoms with Gasteiger partial charge in [0, 0.05) is 0 Å². The number of rotatable bonds is 4. The number of carbonyl (C=O) groups excluding carboxylic acids is 2. The number of carbonyl (C=O) groups is 2. The van der Waals surface area contributed by atoms with Gasteiger partial charge in [0.2, 0.25) is 0 Å². The van der Waals surface area contributed by atoms with E-state index in [1.807, 2.05) is 0 Å². The Bertz CT molecular complexity index is 174. The summed E-state index contributed by atoms with van der Waals surface area (Å²) < 4.78 is 0. The average molecular weight is 254 g/mol. The van der Waals surface area contributed by atoms with E-state index in [9.17, 15) is 19.8 Å². The Morgan fingerprint density at radius 3 is 1.12 bits per heavy atom. The van der Waals surface area contributed by atoms with E-state index in [0.717, 1.165) is 0 Å². The molecule has 0 aromatic heterocycles. The minimum Gasteiger partial charge on any atom is -0.548 e. The van der Waals surface area contributed by atoms with Crippen molar-refractivity contribution in [3.8, 4) is 0 Å². The van der Waals surface area contributed by atoms with Gasteiger partial charge in [0.15, 0.2) is 0 Å². The summed E-state index contributed by atoms with van der Waals surface area (Å²) in [5.74, 6) is -2.86. The summed E-state index contributed by atoms with van der Waals surface area (Å²) in [5, 5.41) is 35.0. The van der Waals surface area contributed by atoms with Crippen molar-refractivity contribution < 1.29 is 89.1 Å². The summed E-state index contributed by atoms with van der Waals surface area (Å²) >= 11 is 0. The number of aliphatic hydroxyl groups is 2. The molecule has 0 bridgehead atoms. The van der Waals surface area contributed by atoms with E-state index in [0.29, 0.717) is 0 Å². The zero-order valence-electron chi connectivity index (χ0n) is 9.25. The van der Waals surface area contributed by atoms with Crippen LogP contribution in [0.4, 0.5) is 0 Å². The number of carboxylic acid groups (broad SMARTS) is 2. The molecule has 84 valence electrons. The van der Waals surface area contributed by atoms with Crippen molar-refractivity contribution >= 4 is 11.9 Å². The number of nitrogens with two attached hydrogens (primary N) is 2. The maximum atomic E-state index is 9.53. The third-order valence-electron chi connectivity index (χ3n) is 0.999. The first-order valence-electron chi connectivity index (χ1n) is 3.51. The number of hydrogen-bond acceptors (Lipinski definition) is 8. The monoisotopic (exact) mass is 254 g/mol. The van der Waals surface area contributed by atoms with Gasteiger partial charge in [0.05, 0.1) is 37.2 Å². The molecule has 6 N–H and O–H groups in total. The summed E-state index contributed by atoms with van der Waals surface area (Å²) in [6.45, 7) is -1.13. The van der Waals surface area contributed by atoms with Crippen molar-refractivity contribution in [2.45, 2.75) is 12.1 Å². The maximum absolute atomic E-state index is 9.53. The van der Waals surface area contributed by atoms with Crippen LogP contribution in [0, 0.1) is 0 Å². The molecule has 0 saturated heterocycles. The Hall–Kier alpha value is 0.780. The van der Waals surface area contributed by atoms with E-state index in [1.165, 1.54) is 0 Å². The Balaban J connectivity index is -0.0000000800. The average Bonchev–Trinajstić information content (AvgIpc) is 2.15. The molecule has 0 spiro atoms. The fraction of sp³-hybridized carbons (Fsp3) is 0.667. The molecule has 8 nitrogen and oxygen atoms in total. The van der Waals surface area contributed by atoms with Crippen LogP contribution in [0.15, 0.2) is 0 Å². The van der Waals surface area contributed by atoms with Crippen LogP contribution in [0.2, 0.25) is 0 Å². The summed E-state index contributed by atoms with van der Waals surface area (Å²) in [6.07, 6.45) is 0. The zero-order chi connectivity index (χ0) is 11.7. The van der Waals surface area contributed by atoms with E-state index < -0.39 is 37.2 Å². The van der Waals surface area contributed by atoms with Gasteiger partial charge in [-0.2, -0.15) is 0 Å². The molecular weight excluding hydrogens is 242 g/mol. The molecule has 0 rings (SSSR count). The third-order valence-corrected chi connectivity index (χ3v) is 0.999. The van der Waals surface area contributed by atoms with Crippen molar-refractivity contribution in [2.24, 2.45) is 11.5 Å². The largest absolute Gasteiger partial charge is 1.00 e. The van der Waals surface area contributed by atoms with E-state index in [1.54, 1.807) is 0 Å². The van der Waals surface area contributed by atoms with Crippen LogP contribution in [0.25, 0.3) is 0 Å². The van der Waals surface area contributed by atoms with Gasteiger partial charge in [0.25, 0.3) is 0 Å². The predicted molar refractivity (Wildman–Crippen MR) is 40.1 cm³/mol. The summed E-state index contributed by atoms with van der Waals surface area (Å²) in [5.41, 5.74) is 9.41. The van der Waals surface area contributed by atoms with Crippen LogP contribution < -0.4 is 80.8 Å². The van der Waals surface area contributed by atoms with Gasteiger partial charge in [-0.1, -0.05) is 0 Å². The Kier molecular flexibility index (Phi) is 25.2. The summed E-state index contributed by atoms with van der Waals surface area (Å²) in [4.78, 5) is 19.1. The Morgan fingerprint density at radius 1 is 0.938 bits per heavy atom. The van der Waals surface area contributed by atoms with Crippen molar-refractivity contribution in [3.63, 3.8) is 0 Å². The van der Waals surface area contributed by atoms with Gasteiger partial charge in [0.1, 0.15) is 0 Å². The second-order valence-corrected chi connectivity index (χ2v) is 2.22. The predicted octanol–water partition coefficient (Wildman–Crippen LogP) is -11.9. The first kappa shape index (κ1) is 25.6. The van der Waals surface area contributed by atoms with Crippen LogP contribution in [-0.2, 0) is 9.59 Å². The van der Waals surface area contributed by atoms with Crippen molar-refractivity contribution in [1.29, 1.82) is 0 Å². The second-order valence-electron chi connectivity index (χ2n) is 2.22. The van der Waals surface area contributed by atoms with Crippen LogP contribution >= 0.6 is 0 Å². The van der Waals surface area contributed by atoms with Gasteiger partial charge < -0.3 is 41.5 Å². The summed E-state index contributed by atoms with van der Waals surface area (Å²) in [6, 6.07) is -2.47. The molecule has 0 aliphatic heterocycles. The molecule has 10 heteroatoms. The van der Waals surface area contributed by atoms with Gasteiger partial charge in [-0.25, -0.2) is 0 Å². The van der Waals surface area contributed by atoms with Crippen LogP contribution in [-0.4, -0.2) is 47.4 Å². The smallest absolute Gasteiger partial charge is 0.548 e. The number of carboxylic acids is 2. The minimum absolute atomic E-state index is 0. The van der Waals surface area contributed by atoms with Crippen LogP contribution in [0.5, 0.6) is 0 Å². The van der Waals surface area contributed by atoms with Gasteiger partial charge >= 0.3 is 59.1 Å². The van der Waals surface area contributed by atoms with E-state index in [-0.39, 0.29) is 59.1 Å². The van der Waals surface area contributed by atoms with E-state index >= 15 is 0 Å². The molecule has 0 radical (unpaired) electrons. The molecule has 16 heavy (non-hydrogen) atoms. The molecular formula is C6H12N2Na2O6. The fourth-order valence-electron chi connectivity index (χ4n) is 0.149. The topological polar surface area (TPSA) is 173 Å². The number of hydrogen-bond donors (Lipinski definition) is 4. The maximum Gasteiger partial charge on any atom is 1.00 e. The Morgan fingerprint density at radius 2 is 1.12 bits per heavy atom. The minimum atomic E-state index is -1.43. The molecule has 0 saturated carbocycles. The van der Waals surface area contributed by atoms with Crippen molar-refractivity contribution in [2.75, 3.05) is 13.2 Å². The fourth-order valence-corrected chi connectivity index (χ4v) is 0.149. The quantitative estimate of drug-likeness (QED) is 0.358. The second kappa shape index (κ2) is 15.8. The van der Waals surface area contributed by atoms with Gasteiger partial charge in [-0.3, -0.25) is 0 Å². The standard InChI is InChI=1S/2C3H7NO3.2Na/c2*4-2(1-5)3(6)7;;/h2*2,5H,1,4H2,(H,6,7);;/q;;2*+1/p-2/t2*2-;;/m00../s1. The molecule has 2 atom stereocenters. The summed E-state index contributed by atoms with van der Waals surface area (Å²) in [7, 11) is 0.